The summed E-state index contributed by atoms with van der Waals surface area (Å²) in [6, 6.07) is 17.8. The lowest BCUT2D eigenvalue weighted by Gasteiger charge is -2.28. The summed E-state index contributed by atoms with van der Waals surface area (Å²) in [5.41, 5.74) is 4.13. The monoisotopic (exact) mass is 420 g/mol. The van der Waals surface area contributed by atoms with Gasteiger partial charge in [-0.3, -0.25) is 9.78 Å². The van der Waals surface area contributed by atoms with Gasteiger partial charge in [-0.2, -0.15) is 0 Å². The van der Waals surface area contributed by atoms with Gasteiger partial charge in [0.2, 0.25) is 0 Å². The minimum atomic E-state index is -0.304. The van der Waals surface area contributed by atoms with Crippen molar-refractivity contribution in [3.8, 4) is 5.69 Å². The number of rotatable bonds is 6. The first-order chi connectivity index (χ1) is 14.6. The quantitative estimate of drug-likeness (QED) is 0.485. The van der Waals surface area contributed by atoms with Crippen LogP contribution in [0, 0.1) is 6.92 Å². The third-order valence-corrected chi connectivity index (χ3v) is 5.52. The average molecular weight is 421 g/mol. The molecule has 3 heterocycles. The molecular formula is C23H24N4O2S. The van der Waals surface area contributed by atoms with Crippen LogP contribution in [0.15, 0.2) is 67.0 Å². The van der Waals surface area contributed by atoms with Crippen LogP contribution in [0.25, 0.3) is 5.69 Å². The summed E-state index contributed by atoms with van der Waals surface area (Å²) in [7, 11) is 0. The Bertz CT molecular complexity index is 1050. The fourth-order valence-corrected chi connectivity index (χ4v) is 4.20. The molecule has 154 valence electrons. The van der Waals surface area contributed by atoms with E-state index in [-0.39, 0.29) is 24.6 Å². The standard InChI is InChI=1S/C23H24N4O2S/c1-3-29-20(28)15-27-22(21(25-23(27)30)18-10-4-5-12-24-18)19-11-7-13-26(19)17-9-6-8-16(2)14-17/h4-14,21-22H,3,15H2,1-2H3,(H,25,30)/t21-,22+/m1/s1. The first-order valence-corrected chi connectivity index (χ1v) is 10.4. The molecular weight excluding hydrogens is 396 g/mol. The molecule has 1 aromatic carbocycles. The van der Waals surface area contributed by atoms with Crippen molar-refractivity contribution in [1.82, 2.24) is 19.8 Å². The number of carbonyl (C=O) groups excluding carboxylic acids is 1. The zero-order chi connectivity index (χ0) is 21.1. The molecule has 0 radical (unpaired) electrons. The van der Waals surface area contributed by atoms with Crippen LogP contribution in [0.2, 0.25) is 0 Å². The van der Waals surface area contributed by atoms with Gasteiger partial charge in [0, 0.05) is 23.8 Å². The number of benzene rings is 1. The lowest BCUT2D eigenvalue weighted by Crippen LogP contribution is -2.36. The van der Waals surface area contributed by atoms with Crippen LogP contribution < -0.4 is 5.32 Å². The summed E-state index contributed by atoms with van der Waals surface area (Å²) >= 11 is 5.62. The van der Waals surface area contributed by atoms with Crippen molar-refractivity contribution < 1.29 is 9.53 Å². The molecule has 3 aromatic rings. The zero-order valence-electron chi connectivity index (χ0n) is 17.0. The van der Waals surface area contributed by atoms with E-state index >= 15 is 0 Å². The fraction of sp³-hybridized carbons (Fsp3) is 0.261. The van der Waals surface area contributed by atoms with Crippen LogP contribution >= 0.6 is 12.2 Å². The normalized spacial score (nSPS) is 18.3. The van der Waals surface area contributed by atoms with E-state index in [0.717, 1.165) is 17.1 Å². The predicted octanol–water partition coefficient (Wildman–Crippen LogP) is 3.72. The number of ether oxygens (including phenoxy) is 1. The molecule has 1 fully saturated rings. The van der Waals surface area contributed by atoms with E-state index in [2.05, 4.69) is 46.1 Å². The smallest absolute Gasteiger partial charge is 0.325 e. The summed E-state index contributed by atoms with van der Waals surface area (Å²) in [6.45, 7) is 4.28. The Kier molecular flexibility index (Phi) is 5.81. The summed E-state index contributed by atoms with van der Waals surface area (Å²) in [5.74, 6) is -0.304. The first kappa shape index (κ1) is 20.1. The van der Waals surface area contributed by atoms with Gasteiger partial charge in [-0.25, -0.2) is 0 Å². The van der Waals surface area contributed by atoms with Crippen LogP contribution in [0.5, 0.6) is 0 Å². The number of pyridine rings is 1. The highest BCUT2D eigenvalue weighted by Gasteiger charge is 2.42. The molecule has 1 aliphatic rings. The molecule has 7 heteroatoms. The summed E-state index contributed by atoms with van der Waals surface area (Å²) in [6.07, 6.45) is 3.80. The Morgan fingerprint density at radius 1 is 1.20 bits per heavy atom. The van der Waals surface area contributed by atoms with E-state index < -0.39 is 0 Å². The molecule has 0 aliphatic carbocycles. The van der Waals surface area contributed by atoms with Crippen molar-refractivity contribution >= 4 is 23.3 Å². The summed E-state index contributed by atoms with van der Waals surface area (Å²) in [4.78, 5) is 18.8. The maximum Gasteiger partial charge on any atom is 0.325 e. The topological polar surface area (TPSA) is 59.4 Å². The van der Waals surface area contributed by atoms with Gasteiger partial charge in [-0.15, -0.1) is 0 Å². The van der Waals surface area contributed by atoms with Crippen molar-refractivity contribution in [1.29, 1.82) is 0 Å². The van der Waals surface area contributed by atoms with Crippen molar-refractivity contribution in [3.05, 3.63) is 83.9 Å². The van der Waals surface area contributed by atoms with Gasteiger partial charge in [0.05, 0.1) is 24.4 Å². The molecule has 1 saturated heterocycles. The maximum absolute atomic E-state index is 12.3. The lowest BCUT2D eigenvalue weighted by molar-refractivity contribution is -0.143. The van der Waals surface area contributed by atoms with Crippen molar-refractivity contribution in [2.24, 2.45) is 0 Å². The van der Waals surface area contributed by atoms with Gasteiger partial charge < -0.3 is 19.5 Å². The predicted molar refractivity (Wildman–Crippen MR) is 119 cm³/mol. The Balaban J connectivity index is 1.79. The number of esters is 1. The van der Waals surface area contributed by atoms with Crippen molar-refractivity contribution in [2.45, 2.75) is 25.9 Å². The lowest BCUT2D eigenvalue weighted by atomic mass is 10.0. The van der Waals surface area contributed by atoms with Gasteiger partial charge in [-0.1, -0.05) is 18.2 Å². The van der Waals surface area contributed by atoms with E-state index in [1.54, 1.807) is 13.1 Å². The van der Waals surface area contributed by atoms with Crippen LogP contribution in [0.3, 0.4) is 0 Å². The molecule has 0 bridgehead atoms. The molecule has 1 N–H and O–H groups in total. The molecule has 30 heavy (non-hydrogen) atoms. The molecule has 0 spiro atoms. The number of nitrogens with one attached hydrogen (secondary N) is 1. The fourth-order valence-electron chi connectivity index (χ4n) is 3.89. The molecule has 4 rings (SSSR count). The van der Waals surface area contributed by atoms with Gasteiger partial charge in [0.25, 0.3) is 0 Å². The Hall–Kier alpha value is -3.19. The van der Waals surface area contributed by atoms with E-state index in [4.69, 9.17) is 17.0 Å². The third kappa shape index (κ3) is 3.93. The second-order valence-electron chi connectivity index (χ2n) is 7.20. The molecule has 2 aromatic heterocycles. The van der Waals surface area contributed by atoms with Crippen molar-refractivity contribution in [2.75, 3.05) is 13.2 Å². The number of aryl methyl sites for hydroxylation is 1. The van der Waals surface area contributed by atoms with E-state index in [0.29, 0.717) is 11.7 Å². The highest BCUT2D eigenvalue weighted by molar-refractivity contribution is 7.80. The van der Waals surface area contributed by atoms with Gasteiger partial charge in [-0.05, 0) is 68.0 Å². The summed E-state index contributed by atoms with van der Waals surface area (Å²) in [5, 5.41) is 3.88. The summed E-state index contributed by atoms with van der Waals surface area (Å²) < 4.78 is 7.34. The number of thiocarbonyl (C=S) groups is 1. The highest BCUT2D eigenvalue weighted by atomic mass is 32.1. The SMILES string of the molecule is CCOC(=O)CN1C(=S)N[C@H](c2ccccn2)[C@@H]1c1cccn1-c1cccc(C)c1. The van der Waals surface area contributed by atoms with Crippen LogP contribution in [-0.4, -0.2) is 38.7 Å². The second kappa shape index (κ2) is 8.67. The number of nitrogens with zero attached hydrogens (tertiary/aromatic N) is 3. The largest absolute Gasteiger partial charge is 0.465 e. The van der Waals surface area contributed by atoms with Crippen LogP contribution in [-0.2, 0) is 9.53 Å². The first-order valence-electron chi connectivity index (χ1n) is 9.96. The number of hydrogen-bond acceptors (Lipinski definition) is 4. The zero-order valence-corrected chi connectivity index (χ0v) is 17.8. The number of hydrogen-bond donors (Lipinski definition) is 1. The highest BCUT2D eigenvalue weighted by Crippen LogP contribution is 2.39. The van der Waals surface area contributed by atoms with Crippen LogP contribution in [0.1, 0.15) is 36.0 Å². The molecule has 0 saturated carbocycles. The van der Waals surface area contributed by atoms with E-state index in [1.165, 1.54) is 5.56 Å². The Labute approximate surface area is 181 Å². The molecule has 0 unspecified atom stereocenters. The maximum atomic E-state index is 12.3. The van der Waals surface area contributed by atoms with E-state index in [9.17, 15) is 4.79 Å². The van der Waals surface area contributed by atoms with E-state index in [1.807, 2.05) is 41.4 Å². The minimum absolute atomic E-state index is 0.0761. The molecule has 1 aliphatic heterocycles. The molecule has 2 atom stereocenters. The second-order valence-corrected chi connectivity index (χ2v) is 7.59. The average Bonchev–Trinajstić information content (AvgIpc) is 3.34. The minimum Gasteiger partial charge on any atom is -0.465 e. The van der Waals surface area contributed by atoms with Crippen molar-refractivity contribution in [3.63, 3.8) is 0 Å². The van der Waals surface area contributed by atoms with Gasteiger partial charge in [0.1, 0.15) is 6.54 Å². The molecule has 6 nitrogen and oxygen atoms in total. The van der Waals surface area contributed by atoms with Gasteiger partial charge >= 0.3 is 5.97 Å². The molecule has 0 amide bonds. The van der Waals surface area contributed by atoms with Crippen LogP contribution in [0.4, 0.5) is 0 Å². The third-order valence-electron chi connectivity index (χ3n) is 5.17. The number of carbonyl (C=O) groups is 1. The van der Waals surface area contributed by atoms with Gasteiger partial charge in [0.15, 0.2) is 5.11 Å². The number of aromatic nitrogens is 2. The Morgan fingerprint density at radius 3 is 2.80 bits per heavy atom. The Morgan fingerprint density at radius 2 is 2.07 bits per heavy atom.